The average molecular weight is 306 g/mol. The second-order valence-electron chi connectivity index (χ2n) is 5.48. The summed E-state index contributed by atoms with van der Waals surface area (Å²) in [6, 6.07) is 10.4. The van der Waals surface area contributed by atoms with E-state index in [1.54, 1.807) is 6.20 Å². The Morgan fingerprint density at radius 1 is 1.17 bits per heavy atom. The van der Waals surface area contributed by atoms with Gasteiger partial charge in [0.05, 0.1) is 17.6 Å². The van der Waals surface area contributed by atoms with Gasteiger partial charge in [-0.1, -0.05) is 18.2 Å². The summed E-state index contributed by atoms with van der Waals surface area (Å²) < 4.78 is 0. The van der Waals surface area contributed by atoms with E-state index in [4.69, 9.17) is 0 Å². The molecule has 1 aliphatic rings. The first-order valence-corrected chi connectivity index (χ1v) is 7.81. The van der Waals surface area contributed by atoms with Crippen LogP contribution in [0.4, 0.5) is 17.3 Å². The summed E-state index contributed by atoms with van der Waals surface area (Å²) in [5.41, 5.74) is 3.39. The van der Waals surface area contributed by atoms with Gasteiger partial charge in [0.15, 0.2) is 0 Å². The van der Waals surface area contributed by atoms with Crippen LogP contribution >= 0.6 is 0 Å². The first kappa shape index (κ1) is 13.8. The zero-order valence-corrected chi connectivity index (χ0v) is 12.7. The highest BCUT2D eigenvalue weighted by Crippen LogP contribution is 2.32. The summed E-state index contributed by atoms with van der Waals surface area (Å²) in [6.07, 6.45) is 7.28. The standard InChI is InChI=1S/C17H18N6/c1-2-4-13(5-3-1)23-11-7-14-15(23)12-21-17(22-14)20-8-6-16-18-9-10-19-16/h1-5,9-10,12H,6-8,11H2,(H,18,19)(H,20,21,22). The van der Waals surface area contributed by atoms with Gasteiger partial charge in [-0.05, 0) is 12.1 Å². The summed E-state index contributed by atoms with van der Waals surface area (Å²) in [5.74, 6) is 1.65. The number of rotatable bonds is 5. The molecule has 23 heavy (non-hydrogen) atoms. The van der Waals surface area contributed by atoms with Crippen molar-refractivity contribution in [2.75, 3.05) is 23.3 Å². The summed E-state index contributed by atoms with van der Waals surface area (Å²) in [4.78, 5) is 18.7. The van der Waals surface area contributed by atoms with Crippen LogP contribution in [0.15, 0.2) is 48.9 Å². The molecule has 0 spiro atoms. The third kappa shape index (κ3) is 2.88. The van der Waals surface area contributed by atoms with Gasteiger partial charge in [0.25, 0.3) is 0 Å². The predicted octanol–water partition coefficient (Wildman–Crippen LogP) is 2.55. The third-order valence-corrected chi connectivity index (χ3v) is 3.98. The van der Waals surface area contributed by atoms with Gasteiger partial charge in [0, 0.05) is 44.0 Å². The van der Waals surface area contributed by atoms with E-state index in [1.807, 2.05) is 18.5 Å². The number of aromatic nitrogens is 4. The molecule has 0 amide bonds. The highest BCUT2D eigenvalue weighted by molar-refractivity contribution is 5.68. The van der Waals surface area contributed by atoms with E-state index in [9.17, 15) is 0 Å². The van der Waals surface area contributed by atoms with E-state index < -0.39 is 0 Å². The summed E-state index contributed by atoms with van der Waals surface area (Å²) >= 11 is 0. The maximum absolute atomic E-state index is 4.65. The number of H-pyrrole nitrogens is 1. The fourth-order valence-corrected chi connectivity index (χ4v) is 2.85. The van der Waals surface area contributed by atoms with Gasteiger partial charge in [0.2, 0.25) is 5.95 Å². The molecule has 2 aromatic heterocycles. The van der Waals surface area contributed by atoms with E-state index >= 15 is 0 Å². The molecule has 3 aromatic rings. The van der Waals surface area contributed by atoms with E-state index in [0.717, 1.165) is 43.1 Å². The molecule has 0 saturated carbocycles. The Bertz CT molecular complexity index is 769. The predicted molar refractivity (Wildman–Crippen MR) is 90.0 cm³/mol. The zero-order chi connectivity index (χ0) is 15.5. The summed E-state index contributed by atoms with van der Waals surface area (Å²) in [6.45, 7) is 1.71. The minimum atomic E-state index is 0.685. The first-order chi connectivity index (χ1) is 11.4. The monoisotopic (exact) mass is 306 g/mol. The Morgan fingerprint density at radius 2 is 2.09 bits per heavy atom. The molecule has 0 saturated heterocycles. The number of hydrogen-bond donors (Lipinski definition) is 2. The third-order valence-electron chi connectivity index (χ3n) is 3.98. The van der Waals surface area contributed by atoms with Crippen molar-refractivity contribution in [3.8, 4) is 0 Å². The normalized spacial score (nSPS) is 13.1. The second kappa shape index (κ2) is 6.08. The number of benzene rings is 1. The molecule has 0 aliphatic carbocycles. The van der Waals surface area contributed by atoms with E-state index in [1.165, 1.54) is 5.69 Å². The van der Waals surface area contributed by atoms with E-state index in [2.05, 4.69) is 54.4 Å². The number of imidazole rings is 1. The van der Waals surface area contributed by atoms with Gasteiger partial charge in [-0.2, -0.15) is 0 Å². The number of fused-ring (bicyclic) bond motifs is 1. The van der Waals surface area contributed by atoms with Gasteiger partial charge in [0.1, 0.15) is 5.82 Å². The van der Waals surface area contributed by atoms with E-state index in [-0.39, 0.29) is 0 Å². The zero-order valence-electron chi connectivity index (χ0n) is 12.7. The topological polar surface area (TPSA) is 69.7 Å². The molecule has 4 rings (SSSR count). The quantitative estimate of drug-likeness (QED) is 0.758. The van der Waals surface area contributed by atoms with Crippen LogP contribution in [-0.2, 0) is 12.8 Å². The van der Waals surface area contributed by atoms with Crippen molar-refractivity contribution in [3.63, 3.8) is 0 Å². The van der Waals surface area contributed by atoms with Crippen LogP contribution in [-0.4, -0.2) is 33.0 Å². The maximum atomic E-state index is 4.65. The molecular formula is C17H18N6. The van der Waals surface area contributed by atoms with Crippen molar-refractivity contribution in [1.82, 2.24) is 19.9 Å². The van der Waals surface area contributed by atoms with Crippen molar-refractivity contribution >= 4 is 17.3 Å². The summed E-state index contributed by atoms with van der Waals surface area (Å²) in [5, 5.41) is 3.27. The SMILES string of the molecule is c1ccc(N2CCc3nc(NCCc4ncc[nH]4)ncc32)cc1. The average Bonchev–Trinajstić information content (AvgIpc) is 3.25. The van der Waals surface area contributed by atoms with Gasteiger partial charge >= 0.3 is 0 Å². The molecule has 3 heterocycles. The minimum Gasteiger partial charge on any atom is -0.354 e. The maximum Gasteiger partial charge on any atom is 0.223 e. The number of para-hydroxylation sites is 1. The van der Waals surface area contributed by atoms with Crippen LogP contribution in [0.5, 0.6) is 0 Å². The van der Waals surface area contributed by atoms with Crippen LogP contribution in [0.2, 0.25) is 0 Å². The van der Waals surface area contributed by atoms with Gasteiger partial charge in [-0.15, -0.1) is 0 Å². The Kier molecular flexibility index (Phi) is 3.63. The Labute approximate surface area is 134 Å². The minimum absolute atomic E-state index is 0.685. The molecule has 0 unspecified atom stereocenters. The number of hydrogen-bond acceptors (Lipinski definition) is 5. The lowest BCUT2D eigenvalue weighted by Gasteiger charge is -2.18. The number of aromatic amines is 1. The molecule has 1 aliphatic heterocycles. The number of anilines is 3. The van der Waals surface area contributed by atoms with Gasteiger partial charge in [-0.25, -0.2) is 15.0 Å². The lowest BCUT2D eigenvalue weighted by atomic mass is 10.3. The lowest BCUT2D eigenvalue weighted by molar-refractivity contribution is 0.907. The Morgan fingerprint density at radius 3 is 2.91 bits per heavy atom. The first-order valence-electron chi connectivity index (χ1n) is 7.81. The highest BCUT2D eigenvalue weighted by atomic mass is 15.2. The smallest absolute Gasteiger partial charge is 0.223 e. The number of nitrogens with zero attached hydrogens (tertiary/aromatic N) is 4. The molecule has 0 atom stereocenters. The molecule has 2 N–H and O–H groups in total. The van der Waals surface area contributed by atoms with Crippen molar-refractivity contribution in [3.05, 3.63) is 60.4 Å². The summed E-state index contributed by atoms with van der Waals surface area (Å²) in [7, 11) is 0. The van der Waals surface area contributed by atoms with Crippen molar-refractivity contribution in [1.29, 1.82) is 0 Å². The Hall–Kier alpha value is -2.89. The van der Waals surface area contributed by atoms with Gasteiger partial charge < -0.3 is 15.2 Å². The van der Waals surface area contributed by atoms with Crippen LogP contribution in [0.25, 0.3) is 0 Å². The van der Waals surface area contributed by atoms with Crippen molar-refractivity contribution in [2.24, 2.45) is 0 Å². The fraction of sp³-hybridized carbons (Fsp3) is 0.235. The number of nitrogens with one attached hydrogen (secondary N) is 2. The fourth-order valence-electron chi connectivity index (χ4n) is 2.85. The molecular weight excluding hydrogens is 288 g/mol. The highest BCUT2D eigenvalue weighted by Gasteiger charge is 2.22. The van der Waals surface area contributed by atoms with Gasteiger partial charge in [-0.3, -0.25) is 0 Å². The molecule has 6 nitrogen and oxygen atoms in total. The lowest BCUT2D eigenvalue weighted by Crippen LogP contribution is -2.13. The Balaban J connectivity index is 1.45. The van der Waals surface area contributed by atoms with Crippen molar-refractivity contribution < 1.29 is 0 Å². The molecule has 6 heteroatoms. The molecule has 1 aromatic carbocycles. The molecule has 0 radical (unpaired) electrons. The van der Waals surface area contributed by atoms with Crippen LogP contribution < -0.4 is 10.2 Å². The van der Waals surface area contributed by atoms with Crippen molar-refractivity contribution in [2.45, 2.75) is 12.8 Å². The second-order valence-corrected chi connectivity index (χ2v) is 5.48. The van der Waals surface area contributed by atoms with Crippen LogP contribution in [0.1, 0.15) is 11.5 Å². The molecule has 116 valence electrons. The van der Waals surface area contributed by atoms with E-state index in [0.29, 0.717) is 5.95 Å². The largest absolute Gasteiger partial charge is 0.354 e. The molecule has 0 fully saturated rings. The van der Waals surface area contributed by atoms with Crippen LogP contribution in [0.3, 0.4) is 0 Å². The molecule has 0 bridgehead atoms. The van der Waals surface area contributed by atoms with Crippen LogP contribution in [0, 0.1) is 0 Å².